The highest BCUT2D eigenvalue weighted by molar-refractivity contribution is 7.17. The van der Waals surface area contributed by atoms with Crippen molar-refractivity contribution in [3.63, 3.8) is 0 Å². The van der Waals surface area contributed by atoms with Crippen molar-refractivity contribution in [2.45, 2.75) is 20.0 Å². The lowest BCUT2D eigenvalue weighted by Crippen LogP contribution is -2.23. The minimum Gasteiger partial charge on any atom is -0.377 e. The molecule has 0 atom stereocenters. The fraction of sp³-hybridized carbons (Fsp3) is 0.375. The Labute approximate surface area is 129 Å². The number of aldehydes is 1. The Morgan fingerprint density at radius 1 is 1.33 bits per heavy atom. The van der Waals surface area contributed by atoms with Gasteiger partial charge in [0.15, 0.2) is 11.4 Å². The van der Waals surface area contributed by atoms with Crippen LogP contribution in [0.5, 0.6) is 0 Å². The van der Waals surface area contributed by atoms with Gasteiger partial charge in [0.25, 0.3) is 0 Å². The molecule has 0 aliphatic rings. The van der Waals surface area contributed by atoms with E-state index in [2.05, 4.69) is 4.98 Å². The number of benzene rings is 1. The molecule has 0 aliphatic heterocycles. The number of carbonyl (C=O) groups excluding carboxylic acids is 1. The second kappa shape index (κ2) is 7.33. The third-order valence-electron chi connectivity index (χ3n) is 3.00. The van der Waals surface area contributed by atoms with E-state index in [4.69, 9.17) is 4.74 Å². The Bertz CT molecular complexity index is 581. The van der Waals surface area contributed by atoms with E-state index >= 15 is 0 Å². The van der Waals surface area contributed by atoms with Crippen molar-refractivity contribution < 1.29 is 9.53 Å². The van der Waals surface area contributed by atoms with Crippen LogP contribution in [0.25, 0.3) is 11.3 Å². The van der Waals surface area contributed by atoms with E-state index in [1.165, 1.54) is 11.3 Å². The van der Waals surface area contributed by atoms with Crippen LogP contribution in [-0.4, -0.2) is 37.6 Å². The molecule has 4 nitrogen and oxygen atoms in total. The van der Waals surface area contributed by atoms with Crippen molar-refractivity contribution in [3.8, 4) is 11.3 Å². The van der Waals surface area contributed by atoms with E-state index in [0.29, 0.717) is 11.5 Å². The van der Waals surface area contributed by atoms with Crippen molar-refractivity contribution in [2.75, 3.05) is 25.1 Å². The predicted octanol–water partition coefficient (Wildman–Crippen LogP) is 3.48. The predicted molar refractivity (Wildman–Crippen MR) is 87.3 cm³/mol. The van der Waals surface area contributed by atoms with Crippen molar-refractivity contribution in [2.24, 2.45) is 0 Å². The molecule has 0 N–H and O–H groups in total. The van der Waals surface area contributed by atoms with Crippen LogP contribution < -0.4 is 4.90 Å². The molecule has 1 aromatic carbocycles. The molecule has 2 aromatic rings. The van der Waals surface area contributed by atoms with Crippen LogP contribution >= 0.6 is 11.3 Å². The summed E-state index contributed by atoms with van der Waals surface area (Å²) in [6, 6.07) is 9.78. The maximum absolute atomic E-state index is 11.3. The Morgan fingerprint density at radius 3 is 2.67 bits per heavy atom. The minimum absolute atomic E-state index is 0.222. The summed E-state index contributed by atoms with van der Waals surface area (Å²) in [4.78, 5) is 18.6. The van der Waals surface area contributed by atoms with Crippen LogP contribution in [0.4, 0.5) is 5.13 Å². The maximum atomic E-state index is 11.3. The molecule has 0 saturated heterocycles. The maximum Gasteiger partial charge on any atom is 0.186 e. The SMILES string of the molecule is CC(C)OCCN(C)c1nc(-c2ccccc2)c(C=O)s1. The normalized spacial score (nSPS) is 10.9. The van der Waals surface area contributed by atoms with Gasteiger partial charge in [-0.15, -0.1) is 0 Å². The number of anilines is 1. The zero-order valence-electron chi connectivity index (χ0n) is 12.6. The summed E-state index contributed by atoms with van der Waals surface area (Å²) in [6.07, 6.45) is 1.10. The molecule has 0 saturated carbocycles. The first-order valence-electron chi connectivity index (χ1n) is 6.96. The van der Waals surface area contributed by atoms with Gasteiger partial charge in [-0.2, -0.15) is 0 Å². The summed E-state index contributed by atoms with van der Waals surface area (Å²) in [7, 11) is 1.96. The zero-order chi connectivity index (χ0) is 15.2. The van der Waals surface area contributed by atoms with Gasteiger partial charge in [-0.25, -0.2) is 4.98 Å². The molecule has 21 heavy (non-hydrogen) atoms. The molecular formula is C16H20N2O2S. The van der Waals surface area contributed by atoms with Crippen molar-refractivity contribution >= 4 is 22.8 Å². The van der Waals surface area contributed by atoms with E-state index in [1.54, 1.807) is 0 Å². The molecule has 0 spiro atoms. The van der Waals surface area contributed by atoms with Crippen LogP contribution in [0.1, 0.15) is 23.5 Å². The highest BCUT2D eigenvalue weighted by Gasteiger charge is 2.15. The molecule has 0 fully saturated rings. The lowest BCUT2D eigenvalue weighted by molar-refractivity contribution is 0.0846. The van der Waals surface area contributed by atoms with Crippen LogP contribution in [-0.2, 0) is 4.74 Å². The molecule has 0 unspecified atom stereocenters. The minimum atomic E-state index is 0.222. The fourth-order valence-corrected chi connectivity index (χ4v) is 2.78. The Hall–Kier alpha value is -1.72. The van der Waals surface area contributed by atoms with Crippen molar-refractivity contribution in [1.29, 1.82) is 0 Å². The van der Waals surface area contributed by atoms with E-state index in [0.717, 1.165) is 29.2 Å². The van der Waals surface area contributed by atoms with Gasteiger partial charge in [0.1, 0.15) is 0 Å². The average Bonchev–Trinajstić information content (AvgIpc) is 2.92. The molecule has 2 rings (SSSR count). The van der Waals surface area contributed by atoms with Gasteiger partial charge in [-0.1, -0.05) is 41.7 Å². The first-order valence-corrected chi connectivity index (χ1v) is 7.77. The van der Waals surface area contributed by atoms with Crippen molar-refractivity contribution in [1.82, 2.24) is 4.98 Å². The molecule has 0 amide bonds. The second-order valence-corrected chi connectivity index (χ2v) is 6.04. The summed E-state index contributed by atoms with van der Waals surface area (Å²) in [5.41, 5.74) is 1.72. The largest absolute Gasteiger partial charge is 0.377 e. The quantitative estimate of drug-likeness (QED) is 0.734. The molecule has 5 heteroatoms. The topological polar surface area (TPSA) is 42.4 Å². The number of nitrogens with zero attached hydrogens (tertiary/aromatic N) is 2. The van der Waals surface area contributed by atoms with E-state index in [-0.39, 0.29) is 6.10 Å². The van der Waals surface area contributed by atoms with E-state index < -0.39 is 0 Å². The number of rotatable bonds is 7. The third kappa shape index (κ3) is 4.12. The van der Waals surface area contributed by atoms with Crippen LogP contribution in [0.2, 0.25) is 0 Å². The molecular weight excluding hydrogens is 284 g/mol. The van der Waals surface area contributed by atoms with E-state index in [9.17, 15) is 4.79 Å². The summed E-state index contributed by atoms with van der Waals surface area (Å²) < 4.78 is 5.55. The first kappa shape index (κ1) is 15.7. The summed E-state index contributed by atoms with van der Waals surface area (Å²) in [5, 5.41) is 0.836. The van der Waals surface area contributed by atoms with Gasteiger partial charge in [0, 0.05) is 19.2 Å². The number of hydrogen-bond donors (Lipinski definition) is 0. The van der Waals surface area contributed by atoms with Crippen LogP contribution in [0.3, 0.4) is 0 Å². The van der Waals surface area contributed by atoms with Gasteiger partial charge >= 0.3 is 0 Å². The first-order chi connectivity index (χ1) is 10.1. The second-order valence-electron chi connectivity index (χ2n) is 5.03. The lowest BCUT2D eigenvalue weighted by Gasteiger charge is -2.16. The highest BCUT2D eigenvalue weighted by atomic mass is 32.1. The zero-order valence-corrected chi connectivity index (χ0v) is 13.4. The number of carbonyl (C=O) groups is 1. The lowest BCUT2D eigenvalue weighted by atomic mass is 10.1. The van der Waals surface area contributed by atoms with Gasteiger partial charge in [0.05, 0.1) is 23.3 Å². The summed E-state index contributed by atoms with van der Waals surface area (Å²) >= 11 is 1.41. The van der Waals surface area contributed by atoms with Gasteiger partial charge in [-0.05, 0) is 13.8 Å². The van der Waals surface area contributed by atoms with Gasteiger partial charge in [0.2, 0.25) is 0 Å². The average molecular weight is 304 g/mol. The van der Waals surface area contributed by atoms with Crippen LogP contribution in [0, 0.1) is 0 Å². The molecule has 1 aromatic heterocycles. The van der Waals surface area contributed by atoms with Crippen LogP contribution in [0.15, 0.2) is 30.3 Å². The number of hydrogen-bond acceptors (Lipinski definition) is 5. The Morgan fingerprint density at radius 2 is 2.05 bits per heavy atom. The standard InChI is InChI=1S/C16H20N2O2S/c1-12(2)20-10-9-18(3)16-17-15(14(11-19)21-16)13-7-5-4-6-8-13/h4-8,11-12H,9-10H2,1-3H3. The summed E-state index contributed by atoms with van der Waals surface area (Å²) in [6.45, 7) is 5.42. The fourth-order valence-electron chi connectivity index (χ4n) is 1.89. The summed E-state index contributed by atoms with van der Waals surface area (Å²) in [5.74, 6) is 0. The molecule has 0 aliphatic carbocycles. The number of ether oxygens (including phenoxy) is 1. The monoisotopic (exact) mass is 304 g/mol. The third-order valence-corrected chi connectivity index (χ3v) is 4.10. The highest BCUT2D eigenvalue weighted by Crippen LogP contribution is 2.31. The number of aromatic nitrogens is 1. The smallest absolute Gasteiger partial charge is 0.186 e. The Kier molecular flexibility index (Phi) is 5.47. The molecule has 0 bridgehead atoms. The molecule has 1 heterocycles. The van der Waals surface area contributed by atoms with E-state index in [1.807, 2.05) is 56.1 Å². The number of thiazole rings is 1. The van der Waals surface area contributed by atoms with Crippen molar-refractivity contribution in [3.05, 3.63) is 35.2 Å². The van der Waals surface area contributed by atoms with Gasteiger partial charge < -0.3 is 9.64 Å². The Balaban J connectivity index is 2.15. The molecule has 0 radical (unpaired) electrons. The molecule has 112 valence electrons. The number of likely N-dealkylation sites (N-methyl/N-ethyl adjacent to an activating group) is 1. The van der Waals surface area contributed by atoms with Gasteiger partial charge in [-0.3, -0.25) is 4.79 Å².